The number of halogens is 2. The van der Waals surface area contributed by atoms with Gasteiger partial charge in [0.25, 0.3) is 0 Å². The van der Waals surface area contributed by atoms with E-state index in [0.29, 0.717) is 26.1 Å². The van der Waals surface area contributed by atoms with E-state index in [1.54, 1.807) is 0 Å². The smallest absolute Gasteiger partial charge is 0.305 e. The van der Waals surface area contributed by atoms with Gasteiger partial charge in [-0.3, -0.25) is 9.59 Å². The van der Waals surface area contributed by atoms with E-state index in [1.165, 1.54) is 39.9 Å². The summed E-state index contributed by atoms with van der Waals surface area (Å²) in [7, 11) is 2.84. The first-order valence-corrected chi connectivity index (χ1v) is 15.4. The number of unbranched alkanes of at least 4 members (excludes halogenated alkanes) is 10. The van der Waals surface area contributed by atoms with Crippen LogP contribution < -0.4 is 0 Å². The number of aliphatic hydroxyl groups excluding tert-OH is 2. The van der Waals surface area contributed by atoms with Gasteiger partial charge < -0.3 is 19.7 Å². The number of hydrogen-bond acceptors (Lipinski definition) is 6. The number of carbonyl (C=O) groups excluding carboxylic acids is 2. The molecular weight excluding hydrogens is 592 g/mol. The topological polar surface area (TPSA) is 93.1 Å². The lowest BCUT2D eigenvalue weighted by Crippen LogP contribution is -1.99. The summed E-state index contributed by atoms with van der Waals surface area (Å²) >= 11 is 6.66. The van der Waals surface area contributed by atoms with Crippen molar-refractivity contribution in [2.24, 2.45) is 0 Å². The van der Waals surface area contributed by atoms with Crippen molar-refractivity contribution < 1.29 is 29.3 Å². The van der Waals surface area contributed by atoms with Crippen LogP contribution in [0.25, 0.3) is 0 Å². The average Bonchev–Trinajstić information content (AvgIpc) is 2.90. The van der Waals surface area contributed by atoms with Gasteiger partial charge in [0.15, 0.2) is 0 Å². The Morgan fingerprint density at radius 1 is 0.611 bits per heavy atom. The number of rotatable bonds is 20. The van der Waals surface area contributed by atoms with Crippen LogP contribution in [0.3, 0.4) is 0 Å². The number of carbonyl (C=O) groups is 2. The molecule has 6 nitrogen and oxygen atoms in total. The molecule has 0 saturated heterocycles. The summed E-state index contributed by atoms with van der Waals surface area (Å²) in [5.41, 5.74) is 0. The molecule has 8 heteroatoms. The molecule has 0 heterocycles. The van der Waals surface area contributed by atoms with E-state index in [4.69, 9.17) is 10.2 Å². The quantitative estimate of drug-likeness (QED) is 0.0610. The van der Waals surface area contributed by atoms with Gasteiger partial charge in [-0.2, -0.15) is 0 Å². The van der Waals surface area contributed by atoms with Crippen LogP contribution in [0, 0.1) is 0 Å². The SMILES string of the molecule is C=CCCCCC(=O)OC.C=CCCCCCO.COC(=O)CCCCCBr.OCCCCCCBr. The average molecular weight is 647 g/mol. The third-order valence-corrected chi connectivity index (χ3v) is 5.74. The molecular formula is C28H54Br2O6. The highest BCUT2D eigenvalue weighted by Gasteiger charge is 1.98. The van der Waals surface area contributed by atoms with Crippen molar-refractivity contribution in [1.29, 1.82) is 0 Å². The highest BCUT2D eigenvalue weighted by Crippen LogP contribution is 2.03. The number of ether oxygens (including phenoxy) is 2. The van der Waals surface area contributed by atoms with Crippen molar-refractivity contribution in [1.82, 2.24) is 0 Å². The molecule has 0 saturated carbocycles. The van der Waals surface area contributed by atoms with Crippen LogP contribution in [-0.2, 0) is 19.1 Å². The molecule has 0 unspecified atom stereocenters. The minimum atomic E-state index is -0.121. The summed E-state index contributed by atoms with van der Waals surface area (Å²) in [6, 6.07) is 0. The fourth-order valence-corrected chi connectivity index (χ4v) is 3.23. The Hall–Kier alpha value is -0.700. The highest BCUT2D eigenvalue weighted by atomic mass is 79.9. The fraction of sp³-hybridized carbons (Fsp3) is 0.786. The Bertz CT molecular complexity index is 442. The normalized spacial score (nSPS) is 9.28. The number of alkyl halides is 2. The van der Waals surface area contributed by atoms with Crippen LogP contribution in [0.5, 0.6) is 0 Å². The Morgan fingerprint density at radius 2 is 0.944 bits per heavy atom. The van der Waals surface area contributed by atoms with E-state index < -0.39 is 0 Å². The predicted octanol–water partition coefficient (Wildman–Crippen LogP) is 7.68. The summed E-state index contributed by atoms with van der Waals surface area (Å²) in [5.74, 6) is -0.223. The summed E-state index contributed by atoms with van der Waals surface area (Å²) < 4.78 is 8.95. The summed E-state index contributed by atoms with van der Waals surface area (Å²) in [5, 5.41) is 18.8. The summed E-state index contributed by atoms with van der Waals surface area (Å²) in [6.45, 7) is 7.86. The largest absolute Gasteiger partial charge is 0.469 e. The molecule has 0 rings (SSSR count). The molecule has 0 amide bonds. The van der Waals surface area contributed by atoms with E-state index in [1.807, 2.05) is 12.2 Å². The third-order valence-electron chi connectivity index (χ3n) is 4.62. The minimum Gasteiger partial charge on any atom is -0.469 e. The standard InChI is InChI=1S/C8H14O2.C7H13BrO2.C7H14O.C6H13BrO/c1-3-4-5-6-7-8(9)10-2;1-10-7(9)5-3-2-4-6-8;1-2-3-4-5-6-7-8;7-5-3-1-2-4-6-8/h3H,1,4-7H2,2H3;2-6H2,1H3;2,8H,1,3-7H2;8H,1-6H2. The molecule has 0 bridgehead atoms. The second kappa shape index (κ2) is 44.3. The zero-order chi connectivity index (χ0) is 28.1. The van der Waals surface area contributed by atoms with E-state index in [9.17, 15) is 9.59 Å². The molecule has 0 aliphatic heterocycles. The van der Waals surface area contributed by atoms with Crippen molar-refractivity contribution in [2.75, 3.05) is 38.1 Å². The zero-order valence-electron chi connectivity index (χ0n) is 23.0. The Balaban J connectivity index is -0.000000191. The second-order valence-electron chi connectivity index (χ2n) is 7.87. The van der Waals surface area contributed by atoms with Crippen molar-refractivity contribution in [3.63, 3.8) is 0 Å². The maximum absolute atomic E-state index is 10.5. The van der Waals surface area contributed by atoms with Crippen molar-refractivity contribution in [3.8, 4) is 0 Å². The van der Waals surface area contributed by atoms with Gasteiger partial charge in [-0.05, 0) is 64.2 Å². The number of methoxy groups -OCH3 is 2. The molecule has 0 spiro atoms. The Morgan fingerprint density at radius 3 is 1.31 bits per heavy atom. The van der Waals surface area contributed by atoms with Crippen LogP contribution >= 0.6 is 31.9 Å². The lowest BCUT2D eigenvalue weighted by Gasteiger charge is -1.96. The molecule has 216 valence electrons. The van der Waals surface area contributed by atoms with Crippen molar-refractivity contribution in [3.05, 3.63) is 25.3 Å². The molecule has 0 fully saturated rings. The summed E-state index contributed by atoms with van der Waals surface area (Å²) in [6.07, 6.45) is 19.9. The molecule has 2 N–H and O–H groups in total. The third kappa shape index (κ3) is 54.3. The molecule has 36 heavy (non-hydrogen) atoms. The number of esters is 2. The van der Waals surface area contributed by atoms with Gasteiger partial charge in [0.2, 0.25) is 0 Å². The lowest BCUT2D eigenvalue weighted by atomic mass is 10.2. The molecule has 0 aromatic carbocycles. The number of aliphatic hydroxyl groups is 2. The van der Waals surface area contributed by atoms with Crippen LogP contribution in [0.15, 0.2) is 25.3 Å². The van der Waals surface area contributed by atoms with Crippen LogP contribution in [0.2, 0.25) is 0 Å². The minimum absolute atomic E-state index is 0.102. The van der Waals surface area contributed by atoms with Gasteiger partial charge in [0.1, 0.15) is 0 Å². The van der Waals surface area contributed by atoms with Crippen LogP contribution in [0.1, 0.15) is 103 Å². The molecule has 0 aliphatic rings. The van der Waals surface area contributed by atoms with Gasteiger partial charge in [-0.15, -0.1) is 13.2 Å². The summed E-state index contributed by atoms with van der Waals surface area (Å²) in [4.78, 5) is 21.1. The first-order valence-electron chi connectivity index (χ1n) is 13.1. The van der Waals surface area contributed by atoms with E-state index in [0.717, 1.165) is 74.9 Å². The number of hydrogen-bond donors (Lipinski definition) is 2. The molecule has 0 aromatic heterocycles. The van der Waals surface area contributed by atoms with Crippen LogP contribution in [0.4, 0.5) is 0 Å². The van der Waals surface area contributed by atoms with Crippen molar-refractivity contribution >= 4 is 43.8 Å². The maximum atomic E-state index is 10.5. The Labute approximate surface area is 238 Å². The molecule has 0 aliphatic carbocycles. The molecule has 0 radical (unpaired) electrons. The predicted molar refractivity (Wildman–Crippen MR) is 160 cm³/mol. The van der Waals surface area contributed by atoms with Gasteiger partial charge in [0, 0.05) is 36.7 Å². The highest BCUT2D eigenvalue weighted by molar-refractivity contribution is 9.09. The first kappa shape index (κ1) is 42.4. The Kier molecular flexibility index (Phi) is 52.2. The monoisotopic (exact) mass is 644 g/mol. The first-order chi connectivity index (χ1) is 17.4. The molecule has 0 atom stereocenters. The van der Waals surface area contributed by atoms with E-state index in [2.05, 4.69) is 54.5 Å². The van der Waals surface area contributed by atoms with E-state index >= 15 is 0 Å². The van der Waals surface area contributed by atoms with Gasteiger partial charge in [0.05, 0.1) is 14.2 Å². The molecule has 0 aromatic rings. The van der Waals surface area contributed by atoms with E-state index in [-0.39, 0.29) is 11.9 Å². The second-order valence-corrected chi connectivity index (χ2v) is 9.46. The zero-order valence-corrected chi connectivity index (χ0v) is 26.2. The fourth-order valence-electron chi connectivity index (χ4n) is 2.44. The van der Waals surface area contributed by atoms with Gasteiger partial charge >= 0.3 is 11.9 Å². The van der Waals surface area contributed by atoms with Crippen molar-refractivity contribution in [2.45, 2.75) is 103 Å². The van der Waals surface area contributed by atoms with Crippen LogP contribution in [-0.4, -0.2) is 60.2 Å². The lowest BCUT2D eigenvalue weighted by molar-refractivity contribution is -0.141. The number of allylic oxidation sites excluding steroid dienone is 2. The maximum Gasteiger partial charge on any atom is 0.305 e. The van der Waals surface area contributed by atoms with Gasteiger partial charge in [-0.25, -0.2) is 0 Å². The van der Waals surface area contributed by atoms with Gasteiger partial charge in [-0.1, -0.05) is 69.7 Å².